The van der Waals surface area contributed by atoms with Crippen molar-refractivity contribution in [3.63, 3.8) is 0 Å². The summed E-state index contributed by atoms with van der Waals surface area (Å²) in [5, 5.41) is 0. The van der Waals surface area contributed by atoms with Crippen molar-refractivity contribution in [1.82, 2.24) is 0 Å². The van der Waals surface area contributed by atoms with Gasteiger partial charge in [-0.2, -0.15) is 0 Å². The Kier molecular flexibility index (Phi) is 3.67. The van der Waals surface area contributed by atoms with Crippen LogP contribution in [0.1, 0.15) is 25.3 Å². The minimum Gasteiger partial charge on any atom is -0.493 e. The molecule has 0 saturated heterocycles. The van der Waals surface area contributed by atoms with Crippen molar-refractivity contribution in [2.45, 2.75) is 26.2 Å². The molecule has 0 atom stereocenters. The highest BCUT2D eigenvalue weighted by Gasteiger charge is 2.12. The van der Waals surface area contributed by atoms with E-state index in [1.54, 1.807) is 6.92 Å². The van der Waals surface area contributed by atoms with E-state index in [1.165, 1.54) is 5.56 Å². The monoisotopic (exact) mass is 233 g/mol. The van der Waals surface area contributed by atoms with Crippen LogP contribution in [0.5, 0.6) is 5.75 Å². The number of hydrogen-bond donors (Lipinski definition) is 0. The normalized spacial score (nSPS) is 13.8. The fourth-order valence-electron chi connectivity index (χ4n) is 2.04. The summed E-state index contributed by atoms with van der Waals surface area (Å²) in [6.07, 6.45) is 2.78. The van der Waals surface area contributed by atoms with Gasteiger partial charge in [0.2, 0.25) is 0 Å². The summed E-state index contributed by atoms with van der Waals surface area (Å²) in [6, 6.07) is 6.27. The molecule has 1 heterocycles. The Morgan fingerprint density at radius 2 is 2.29 bits per heavy atom. The third-order valence-electron chi connectivity index (χ3n) is 3.13. The molecule has 0 bridgehead atoms. The molecule has 0 amide bonds. The standard InChI is InChI=1S/C14H19NO2/c1-11(16)7-8-15(2)13-5-6-14-12(10-13)4-3-9-17-14/h5-6,10H,3-4,7-9H2,1-2H3. The molecule has 0 saturated carbocycles. The van der Waals surface area contributed by atoms with Crippen LogP contribution < -0.4 is 9.64 Å². The zero-order valence-electron chi connectivity index (χ0n) is 10.5. The van der Waals surface area contributed by atoms with Crippen LogP contribution in [0.3, 0.4) is 0 Å². The number of ketones is 1. The van der Waals surface area contributed by atoms with E-state index in [-0.39, 0.29) is 5.78 Å². The van der Waals surface area contributed by atoms with Crippen LogP contribution in [-0.2, 0) is 11.2 Å². The van der Waals surface area contributed by atoms with Gasteiger partial charge in [-0.15, -0.1) is 0 Å². The molecule has 1 aromatic carbocycles. The molecule has 0 aliphatic carbocycles. The van der Waals surface area contributed by atoms with E-state index in [2.05, 4.69) is 17.0 Å². The smallest absolute Gasteiger partial charge is 0.131 e. The average Bonchev–Trinajstić information content (AvgIpc) is 2.35. The first-order valence-electron chi connectivity index (χ1n) is 6.13. The van der Waals surface area contributed by atoms with Gasteiger partial charge in [-0.1, -0.05) is 0 Å². The Morgan fingerprint density at radius 1 is 1.47 bits per heavy atom. The van der Waals surface area contributed by atoms with Crippen molar-refractivity contribution in [3.8, 4) is 5.75 Å². The molecule has 0 unspecified atom stereocenters. The number of Topliss-reactive ketones (excluding diaryl/α,β-unsaturated/α-hetero) is 1. The molecule has 2 rings (SSSR count). The molecule has 1 aliphatic heterocycles. The van der Waals surface area contributed by atoms with Gasteiger partial charge in [0, 0.05) is 25.7 Å². The van der Waals surface area contributed by atoms with Crippen molar-refractivity contribution in [2.24, 2.45) is 0 Å². The van der Waals surface area contributed by atoms with Gasteiger partial charge in [0.1, 0.15) is 11.5 Å². The minimum absolute atomic E-state index is 0.234. The molecular weight excluding hydrogens is 214 g/mol. The summed E-state index contributed by atoms with van der Waals surface area (Å²) in [7, 11) is 2.02. The first-order valence-corrected chi connectivity index (χ1v) is 6.13. The Bertz CT molecular complexity index is 415. The number of benzene rings is 1. The summed E-state index contributed by atoms with van der Waals surface area (Å²) in [5.74, 6) is 1.25. The lowest BCUT2D eigenvalue weighted by Gasteiger charge is -2.23. The summed E-state index contributed by atoms with van der Waals surface area (Å²) in [6.45, 7) is 3.23. The number of aryl methyl sites for hydroxylation is 1. The molecule has 3 heteroatoms. The predicted octanol–water partition coefficient (Wildman–Crippen LogP) is 2.43. The van der Waals surface area contributed by atoms with Gasteiger partial charge in [-0.25, -0.2) is 0 Å². The average molecular weight is 233 g/mol. The Balaban J connectivity index is 2.08. The van der Waals surface area contributed by atoms with Gasteiger partial charge in [-0.3, -0.25) is 4.79 Å². The fraction of sp³-hybridized carbons (Fsp3) is 0.500. The van der Waals surface area contributed by atoms with E-state index in [1.807, 2.05) is 13.1 Å². The quantitative estimate of drug-likeness (QED) is 0.800. The molecule has 0 fully saturated rings. The van der Waals surface area contributed by atoms with E-state index in [4.69, 9.17) is 4.74 Å². The maximum absolute atomic E-state index is 11.0. The molecule has 1 aromatic rings. The second kappa shape index (κ2) is 5.21. The maximum Gasteiger partial charge on any atom is 0.131 e. The minimum atomic E-state index is 0.234. The van der Waals surface area contributed by atoms with Crippen LogP contribution in [0.4, 0.5) is 5.69 Å². The summed E-state index contributed by atoms with van der Waals surface area (Å²) in [5.41, 5.74) is 2.44. The van der Waals surface area contributed by atoms with Crippen LogP contribution in [0.25, 0.3) is 0 Å². The lowest BCUT2D eigenvalue weighted by molar-refractivity contribution is -0.116. The van der Waals surface area contributed by atoms with E-state index < -0.39 is 0 Å². The molecule has 0 aromatic heterocycles. The number of anilines is 1. The third-order valence-corrected chi connectivity index (χ3v) is 3.13. The number of hydrogen-bond acceptors (Lipinski definition) is 3. The maximum atomic E-state index is 11.0. The van der Waals surface area contributed by atoms with Crippen molar-refractivity contribution < 1.29 is 9.53 Å². The first kappa shape index (κ1) is 12.0. The Labute approximate surface area is 102 Å². The number of carbonyl (C=O) groups is 1. The molecule has 3 nitrogen and oxygen atoms in total. The second-order valence-corrected chi connectivity index (χ2v) is 4.62. The predicted molar refractivity (Wildman–Crippen MR) is 68.8 cm³/mol. The highest BCUT2D eigenvalue weighted by atomic mass is 16.5. The van der Waals surface area contributed by atoms with Gasteiger partial charge in [0.15, 0.2) is 0 Å². The Morgan fingerprint density at radius 3 is 3.06 bits per heavy atom. The van der Waals surface area contributed by atoms with Gasteiger partial charge in [-0.05, 0) is 43.5 Å². The lowest BCUT2D eigenvalue weighted by atomic mass is 10.1. The van der Waals surface area contributed by atoms with Crippen LogP contribution >= 0.6 is 0 Å². The molecule has 0 spiro atoms. The van der Waals surface area contributed by atoms with Gasteiger partial charge >= 0.3 is 0 Å². The lowest BCUT2D eigenvalue weighted by Crippen LogP contribution is -2.20. The third kappa shape index (κ3) is 2.99. The van der Waals surface area contributed by atoms with Crippen LogP contribution in [-0.4, -0.2) is 26.0 Å². The summed E-state index contributed by atoms with van der Waals surface area (Å²) in [4.78, 5) is 13.1. The summed E-state index contributed by atoms with van der Waals surface area (Å²) < 4.78 is 5.58. The molecule has 92 valence electrons. The summed E-state index contributed by atoms with van der Waals surface area (Å²) >= 11 is 0. The number of carbonyl (C=O) groups excluding carboxylic acids is 1. The number of ether oxygens (including phenoxy) is 1. The molecular formula is C14H19NO2. The SMILES string of the molecule is CC(=O)CCN(C)c1ccc2c(c1)CCCO2. The first-order chi connectivity index (χ1) is 8.16. The highest BCUT2D eigenvalue weighted by molar-refractivity contribution is 5.76. The van der Waals surface area contributed by atoms with Crippen molar-refractivity contribution in [1.29, 1.82) is 0 Å². The van der Waals surface area contributed by atoms with Crippen molar-refractivity contribution >= 4 is 11.5 Å². The molecule has 0 N–H and O–H groups in total. The van der Waals surface area contributed by atoms with Crippen LogP contribution in [0.2, 0.25) is 0 Å². The van der Waals surface area contributed by atoms with Gasteiger partial charge < -0.3 is 9.64 Å². The number of rotatable bonds is 4. The zero-order chi connectivity index (χ0) is 12.3. The second-order valence-electron chi connectivity index (χ2n) is 4.62. The zero-order valence-corrected chi connectivity index (χ0v) is 10.5. The topological polar surface area (TPSA) is 29.5 Å². The van der Waals surface area contributed by atoms with Gasteiger partial charge in [0.05, 0.1) is 6.61 Å². The fourth-order valence-corrected chi connectivity index (χ4v) is 2.04. The molecule has 0 radical (unpaired) electrons. The Hall–Kier alpha value is -1.51. The van der Waals surface area contributed by atoms with Crippen LogP contribution in [0.15, 0.2) is 18.2 Å². The van der Waals surface area contributed by atoms with E-state index in [0.717, 1.165) is 37.4 Å². The highest BCUT2D eigenvalue weighted by Crippen LogP contribution is 2.28. The van der Waals surface area contributed by atoms with Crippen molar-refractivity contribution in [3.05, 3.63) is 23.8 Å². The largest absolute Gasteiger partial charge is 0.493 e. The molecule has 1 aliphatic rings. The van der Waals surface area contributed by atoms with Crippen LogP contribution in [0, 0.1) is 0 Å². The number of fused-ring (bicyclic) bond motifs is 1. The van der Waals surface area contributed by atoms with E-state index in [0.29, 0.717) is 6.42 Å². The molecule has 17 heavy (non-hydrogen) atoms. The van der Waals surface area contributed by atoms with E-state index in [9.17, 15) is 4.79 Å². The van der Waals surface area contributed by atoms with Gasteiger partial charge in [0.25, 0.3) is 0 Å². The number of nitrogens with zero attached hydrogens (tertiary/aromatic N) is 1. The van der Waals surface area contributed by atoms with Crippen molar-refractivity contribution in [2.75, 3.05) is 25.1 Å². The van der Waals surface area contributed by atoms with E-state index >= 15 is 0 Å².